The molecule has 6 heteroatoms. The minimum Gasteiger partial charge on any atom is -0.328 e. The molecule has 3 N–H and O–H groups in total. The Morgan fingerprint density at radius 1 is 1.44 bits per heavy atom. The number of nitrogens with two attached hydrogens (primary N) is 1. The molecule has 1 heterocycles. The molecule has 1 fully saturated rings. The van der Waals surface area contributed by atoms with Gasteiger partial charge in [-0.2, -0.15) is 12.7 Å². The van der Waals surface area contributed by atoms with Gasteiger partial charge < -0.3 is 5.73 Å². The molecule has 96 valence electrons. The van der Waals surface area contributed by atoms with E-state index in [0.29, 0.717) is 32.0 Å². The number of piperidine rings is 1. The minimum atomic E-state index is -3.27. The quantitative estimate of drug-likeness (QED) is 0.735. The Bertz CT molecular complexity index is 295. The van der Waals surface area contributed by atoms with Gasteiger partial charge in [-0.05, 0) is 32.1 Å². The molecule has 0 spiro atoms. The van der Waals surface area contributed by atoms with Gasteiger partial charge in [0.05, 0.1) is 0 Å². The molecule has 0 amide bonds. The molecule has 1 unspecified atom stereocenters. The number of hydrogen-bond donors (Lipinski definition) is 2. The van der Waals surface area contributed by atoms with Gasteiger partial charge in [0.25, 0.3) is 10.2 Å². The highest BCUT2D eigenvalue weighted by molar-refractivity contribution is 7.87. The predicted molar refractivity (Wildman–Crippen MR) is 65.2 cm³/mol. The molecule has 0 aliphatic carbocycles. The largest absolute Gasteiger partial charge is 0.328 e. The van der Waals surface area contributed by atoms with E-state index in [9.17, 15) is 8.42 Å². The molecule has 1 saturated heterocycles. The van der Waals surface area contributed by atoms with Crippen molar-refractivity contribution in [3.05, 3.63) is 0 Å². The molecular weight excluding hydrogens is 226 g/mol. The highest BCUT2D eigenvalue weighted by Crippen LogP contribution is 2.17. The summed E-state index contributed by atoms with van der Waals surface area (Å²) in [5, 5.41) is 0. The summed E-state index contributed by atoms with van der Waals surface area (Å²) in [6.45, 7) is 5.72. The second-order valence-corrected chi connectivity index (χ2v) is 6.50. The summed E-state index contributed by atoms with van der Waals surface area (Å²) < 4.78 is 27.8. The minimum absolute atomic E-state index is 0.0316. The van der Waals surface area contributed by atoms with Crippen LogP contribution in [0.15, 0.2) is 0 Å². The van der Waals surface area contributed by atoms with Crippen molar-refractivity contribution in [1.29, 1.82) is 0 Å². The van der Waals surface area contributed by atoms with Crippen LogP contribution >= 0.6 is 0 Å². The maximum atomic E-state index is 11.8. The Morgan fingerprint density at radius 2 is 2.00 bits per heavy atom. The molecule has 0 bridgehead atoms. The molecule has 1 aliphatic heterocycles. The van der Waals surface area contributed by atoms with Crippen LogP contribution in [0.5, 0.6) is 0 Å². The average molecular weight is 249 g/mol. The van der Waals surface area contributed by atoms with Crippen LogP contribution in [0.2, 0.25) is 0 Å². The summed E-state index contributed by atoms with van der Waals surface area (Å²) in [6.07, 6.45) is 2.58. The maximum Gasteiger partial charge on any atom is 0.279 e. The van der Waals surface area contributed by atoms with Crippen LogP contribution in [-0.2, 0) is 10.2 Å². The van der Waals surface area contributed by atoms with Crippen molar-refractivity contribution >= 4 is 10.2 Å². The lowest BCUT2D eigenvalue weighted by atomic mass is 10.0. The Hall–Kier alpha value is -0.170. The highest BCUT2D eigenvalue weighted by Gasteiger charge is 2.25. The topological polar surface area (TPSA) is 75.4 Å². The lowest BCUT2D eigenvalue weighted by Gasteiger charge is -2.29. The lowest BCUT2D eigenvalue weighted by molar-refractivity contribution is 0.285. The van der Waals surface area contributed by atoms with E-state index in [4.69, 9.17) is 5.73 Å². The third-order valence-electron chi connectivity index (χ3n) is 2.97. The summed E-state index contributed by atoms with van der Waals surface area (Å²) in [7, 11) is -3.27. The molecule has 16 heavy (non-hydrogen) atoms. The van der Waals surface area contributed by atoms with E-state index in [-0.39, 0.29) is 6.04 Å². The molecule has 1 aliphatic rings. The van der Waals surface area contributed by atoms with Crippen molar-refractivity contribution < 1.29 is 8.42 Å². The van der Waals surface area contributed by atoms with Crippen LogP contribution in [0.4, 0.5) is 0 Å². The fraction of sp³-hybridized carbons (Fsp3) is 1.00. The van der Waals surface area contributed by atoms with Gasteiger partial charge in [0.2, 0.25) is 0 Å². The van der Waals surface area contributed by atoms with Crippen molar-refractivity contribution in [2.24, 2.45) is 11.7 Å². The second kappa shape index (κ2) is 5.95. The molecule has 0 aromatic carbocycles. The summed E-state index contributed by atoms with van der Waals surface area (Å²) in [4.78, 5) is 0. The molecule has 0 aromatic rings. The summed E-state index contributed by atoms with van der Waals surface area (Å²) >= 11 is 0. The van der Waals surface area contributed by atoms with E-state index in [1.165, 1.54) is 4.31 Å². The molecular formula is C10H23N3O2S. The number of hydrogen-bond acceptors (Lipinski definition) is 3. The summed E-state index contributed by atoms with van der Waals surface area (Å²) in [5.41, 5.74) is 5.57. The van der Waals surface area contributed by atoms with Crippen LogP contribution in [0.1, 0.15) is 33.1 Å². The van der Waals surface area contributed by atoms with Crippen molar-refractivity contribution in [3.8, 4) is 0 Å². The molecule has 0 radical (unpaired) electrons. The van der Waals surface area contributed by atoms with Crippen molar-refractivity contribution in [2.75, 3.05) is 19.6 Å². The van der Waals surface area contributed by atoms with Gasteiger partial charge in [0.1, 0.15) is 0 Å². The SMILES string of the molecule is CC(N)CCNS(=O)(=O)N1CCC(C)CC1. The molecule has 0 saturated carbocycles. The predicted octanol–water partition coefficient (Wildman–Crippen LogP) is 0.290. The Balaban J connectivity index is 2.38. The van der Waals surface area contributed by atoms with Crippen LogP contribution in [0.3, 0.4) is 0 Å². The zero-order valence-electron chi connectivity index (χ0n) is 10.1. The first kappa shape index (κ1) is 13.9. The standard InChI is InChI=1S/C10H23N3O2S/c1-9-4-7-13(8-5-9)16(14,15)12-6-3-10(2)11/h9-10,12H,3-8,11H2,1-2H3. The van der Waals surface area contributed by atoms with Gasteiger partial charge >= 0.3 is 0 Å². The van der Waals surface area contributed by atoms with Crippen molar-refractivity contribution in [2.45, 2.75) is 39.2 Å². The molecule has 1 rings (SSSR count). The zero-order chi connectivity index (χ0) is 12.2. The molecule has 5 nitrogen and oxygen atoms in total. The number of rotatable bonds is 5. The third kappa shape index (κ3) is 4.37. The second-order valence-electron chi connectivity index (χ2n) is 4.75. The van der Waals surface area contributed by atoms with Crippen LogP contribution < -0.4 is 10.5 Å². The van der Waals surface area contributed by atoms with Crippen molar-refractivity contribution in [1.82, 2.24) is 9.03 Å². The molecule has 1 atom stereocenters. The average Bonchev–Trinajstić information content (AvgIpc) is 2.17. The zero-order valence-corrected chi connectivity index (χ0v) is 11.0. The lowest BCUT2D eigenvalue weighted by Crippen LogP contribution is -2.45. The van der Waals surface area contributed by atoms with Gasteiger partial charge in [0.15, 0.2) is 0 Å². The van der Waals surface area contributed by atoms with Gasteiger partial charge in [-0.1, -0.05) is 6.92 Å². The van der Waals surface area contributed by atoms with Crippen LogP contribution in [0, 0.1) is 5.92 Å². The van der Waals surface area contributed by atoms with Gasteiger partial charge in [0, 0.05) is 25.7 Å². The molecule has 0 aromatic heterocycles. The summed E-state index contributed by atoms with van der Waals surface area (Å²) in [5.74, 6) is 0.635. The number of nitrogens with one attached hydrogen (secondary N) is 1. The van der Waals surface area contributed by atoms with Gasteiger partial charge in [-0.15, -0.1) is 0 Å². The summed E-state index contributed by atoms with van der Waals surface area (Å²) in [6, 6.07) is 0.0316. The normalized spacial score (nSPS) is 22.2. The fourth-order valence-electron chi connectivity index (χ4n) is 1.73. The monoisotopic (exact) mass is 249 g/mol. The van der Waals surface area contributed by atoms with Crippen molar-refractivity contribution in [3.63, 3.8) is 0 Å². The smallest absolute Gasteiger partial charge is 0.279 e. The third-order valence-corrected chi connectivity index (χ3v) is 4.58. The number of nitrogens with zero attached hydrogens (tertiary/aromatic N) is 1. The van der Waals surface area contributed by atoms with E-state index in [1.54, 1.807) is 0 Å². The van der Waals surface area contributed by atoms with Gasteiger partial charge in [-0.25, -0.2) is 4.72 Å². The van der Waals surface area contributed by atoms with E-state index >= 15 is 0 Å². The van der Waals surface area contributed by atoms with E-state index < -0.39 is 10.2 Å². The van der Waals surface area contributed by atoms with E-state index in [1.807, 2.05) is 6.92 Å². The van der Waals surface area contributed by atoms with E-state index in [0.717, 1.165) is 12.8 Å². The Kier molecular flexibility index (Phi) is 5.17. The van der Waals surface area contributed by atoms with Crippen LogP contribution in [0.25, 0.3) is 0 Å². The maximum absolute atomic E-state index is 11.8. The fourth-order valence-corrected chi connectivity index (χ4v) is 2.98. The van der Waals surface area contributed by atoms with Gasteiger partial charge in [-0.3, -0.25) is 0 Å². The first-order valence-electron chi connectivity index (χ1n) is 5.92. The Morgan fingerprint density at radius 3 is 2.50 bits per heavy atom. The van der Waals surface area contributed by atoms with E-state index in [2.05, 4.69) is 11.6 Å². The Labute approximate surface area is 98.6 Å². The first-order valence-corrected chi connectivity index (χ1v) is 7.36. The first-order chi connectivity index (χ1) is 7.42. The van der Waals surface area contributed by atoms with Crippen LogP contribution in [-0.4, -0.2) is 38.4 Å². The highest BCUT2D eigenvalue weighted by atomic mass is 32.2.